The van der Waals surface area contributed by atoms with Gasteiger partial charge < -0.3 is 14.8 Å². The van der Waals surface area contributed by atoms with E-state index in [2.05, 4.69) is 38.2 Å². The molecular weight excluding hydrogens is 238 g/mol. The van der Waals surface area contributed by atoms with Crippen molar-refractivity contribution in [3.8, 4) is 11.5 Å². The van der Waals surface area contributed by atoms with Crippen LogP contribution in [0.5, 0.6) is 11.5 Å². The molecule has 0 aliphatic heterocycles. The van der Waals surface area contributed by atoms with Crippen LogP contribution in [0, 0.1) is 5.41 Å². The molecular formula is C16H25NO2. The maximum absolute atomic E-state index is 6.15. The van der Waals surface area contributed by atoms with Crippen LogP contribution in [-0.4, -0.2) is 26.3 Å². The second-order valence-electron chi connectivity index (χ2n) is 5.84. The van der Waals surface area contributed by atoms with E-state index in [-0.39, 0.29) is 11.5 Å². The van der Waals surface area contributed by atoms with Crippen LogP contribution in [-0.2, 0) is 6.42 Å². The van der Waals surface area contributed by atoms with Gasteiger partial charge in [-0.05, 0) is 31.2 Å². The van der Waals surface area contributed by atoms with Gasteiger partial charge in [-0.25, -0.2) is 0 Å². The maximum atomic E-state index is 6.15. The predicted molar refractivity (Wildman–Crippen MR) is 78.0 cm³/mol. The Bertz CT molecular complexity index is 442. The second-order valence-corrected chi connectivity index (χ2v) is 5.84. The van der Waals surface area contributed by atoms with Gasteiger partial charge in [0, 0.05) is 17.9 Å². The summed E-state index contributed by atoms with van der Waals surface area (Å²) in [6.07, 6.45) is 2.29. The van der Waals surface area contributed by atoms with Crippen molar-refractivity contribution >= 4 is 0 Å². The number of hydrogen-bond donors (Lipinski definition) is 1. The Morgan fingerprint density at radius 1 is 1.32 bits per heavy atom. The van der Waals surface area contributed by atoms with Crippen molar-refractivity contribution in [3.05, 3.63) is 23.8 Å². The fourth-order valence-electron chi connectivity index (χ4n) is 2.76. The van der Waals surface area contributed by atoms with Gasteiger partial charge in [0.1, 0.15) is 6.10 Å². The lowest BCUT2D eigenvalue weighted by Crippen LogP contribution is -2.61. The Hall–Kier alpha value is -1.22. The Morgan fingerprint density at radius 2 is 2.05 bits per heavy atom. The van der Waals surface area contributed by atoms with Crippen LogP contribution in [0.4, 0.5) is 0 Å². The molecule has 0 aromatic heterocycles. The fraction of sp³-hybridized carbons (Fsp3) is 0.625. The van der Waals surface area contributed by atoms with Crippen LogP contribution in [0.25, 0.3) is 0 Å². The molecule has 0 amide bonds. The summed E-state index contributed by atoms with van der Waals surface area (Å²) in [5, 5.41) is 3.34. The molecule has 1 saturated carbocycles. The maximum Gasteiger partial charge on any atom is 0.161 e. The molecule has 0 radical (unpaired) electrons. The molecule has 1 N–H and O–H groups in total. The summed E-state index contributed by atoms with van der Waals surface area (Å²) in [5.74, 6) is 1.69. The van der Waals surface area contributed by atoms with E-state index in [9.17, 15) is 0 Å². The summed E-state index contributed by atoms with van der Waals surface area (Å²) >= 11 is 0. The first kappa shape index (κ1) is 14.2. The van der Waals surface area contributed by atoms with Crippen molar-refractivity contribution in [2.24, 2.45) is 5.41 Å². The van der Waals surface area contributed by atoms with Crippen molar-refractivity contribution in [1.82, 2.24) is 5.32 Å². The minimum absolute atomic E-state index is 0.156. The Kier molecular flexibility index (Phi) is 4.04. The highest BCUT2D eigenvalue weighted by molar-refractivity contribution is 5.43. The average molecular weight is 263 g/mol. The molecule has 1 aliphatic carbocycles. The normalized spacial score (nSPS) is 24.7. The van der Waals surface area contributed by atoms with E-state index in [1.165, 1.54) is 5.56 Å². The van der Waals surface area contributed by atoms with Gasteiger partial charge in [-0.15, -0.1) is 0 Å². The summed E-state index contributed by atoms with van der Waals surface area (Å²) in [6, 6.07) is 6.73. The molecule has 1 fully saturated rings. The molecule has 19 heavy (non-hydrogen) atoms. The van der Waals surface area contributed by atoms with Crippen molar-refractivity contribution in [2.75, 3.05) is 14.2 Å². The summed E-state index contributed by atoms with van der Waals surface area (Å²) in [4.78, 5) is 0. The zero-order valence-corrected chi connectivity index (χ0v) is 12.6. The zero-order chi connectivity index (χ0) is 14.0. The van der Waals surface area contributed by atoms with Crippen LogP contribution in [0.15, 0.2) is 18.2 Å². The molecule has 2 rings (SSSR count). The van der Waals surface area contributed by atoms with Gasteiger partial charge in [0.25, 0.3) is 0 Å². The first-order valence-corrected chi connectivity index (χ1v) is 7.03. The van der Waals surface area contributed by atoms with Crippen molar-refractivity contribution < 1.29 is 9.47 Å². The van der Waals surface area contributed by atoms with Gasteiger partial charge in [0.2, 0.25) is 0 Å². The second kappa shape index (κ2) is 5.41. The lowest BCUT2D eigenvalue weighted by molar-refractivity contribution is -0.0530. The lowest BCUT2D eigenvalue weighted by Gasteiger charge is -2.51. The number of nitrogens with one attached hydrogen (secondary N) is 1. The molecule has 2 atom stereocenters. The van der Waals surface area contributed by atoms with Gasteiger partial charge in [0.15, 0.2) is 11.5 Å². The molecule has 2 unspecified atom stereocenters. The van der Waals surface area contributed by atoms with Crippen molar-refractivity contribution in [2.45, 2.75) is 45.8 Å². The Morgan fingerprint density at radius 3 is 2.58 bits per heavy atom. The monoisotopic (exact) mass is 263 g/mol. The minimum atomic E-state index is 0.156. The number of ether oxygens (including phenoxy) is 2. The zero-order valence-electron chi connectivity index (χ0n) is 12.6. The van der Waals surface area contributed by atoms with Crippen LogP contribution >= 0.6 is 0 Å². The van der Waals surface area contributed by atoms with Gasteiger partial charge in [-0.2, -0.15) is 0 Å². The highest BCUT2D eigenvalue weighted by atomic mass is 16.5. The third kappa shape index (κ3) is 2.57. The molecule has 0 heterocycles. The molecule has 0 spiro atoms. The predicted octanol–water partition coefficient (Wildman–Crippen LogP) is 3.02. The average Bonchev–Trinajstić information content (AvgIpc) is 2.42. The van der Waals surface area contributed by atoms with Crippen LogP contribution in [0.1, 0.15) is 32.8 Å². The molecule has 1 aromatic carbocycles. The van der Waals surface area contributed by atoms with E-state index in [1.54, 1.807) is 7.11 Å². The summed E-state index contributed by atoms with van der Waals surface area (Å²) in [6.45, 7) is 6.63. The summed E-state index contributed by atoms with van der Waals surface area (Å²) in [5.41, 5.74) is 1.42. The van der Waals surface area contributed by atoms with Gasteiger partial charge in [-0.3, -0.25) is 0 Å². The quantitative estimate of drug-likeness (QED) is 0.886. The number of benzene rings is 1. The number of methoxy groups -OCH3 is 1. The lowest BCUT2D eigenvalue weighted by atomic mass is 9.64. The number of rotatable bonds is 5. The van der Waals surface area contributed by atoms with Crippen LogP contribution in [0.3, 0.4) is 0 Å². The van der Waals surface area contributed by atoms with Crippen molar-refractivity contribution in [1.29, 1.82) is 0 Å². The van der Waals surface area contributed by atoms with E-state index in [1.807, 2.05) is 13.1 Å². The van der Waals surface area contributed by atoms with Gasteiger partial charge >= 0.3 is 0 Å². The molecule has 3 nitrogen and oxygen atoms in total. The Labute approximate surface area is 116 Å². The van der Waals surface area contributed by atoms with E-state index in [0.29, 0.717) is 6.04 Å². The van der Waals surface area contributed by atoms with E-state index < -0.39 is 0 Å². The topological polar surface area (TPSA) is 30.5 Å². The molecule has 3 heteroatoms. The molecule has 106 valence electrons. The molecule has 1 aromatic rings. The Balaban J connectivity index is 2.12. The minimum Gasteiger partial charge on any atom is -0.493 e. The van der Waals surface area contributed by atoms with Gasteiger partial charge in [-0.1, -0.05) is 26.8 Å². The van der Waals surface area contributed by atoms with Crippen LogP contribution < -0.4 is 14.8 Å². The van der Waals surface area contributed by atoms with E-state index in [0.717, 1.165) is 24.3 Å². The standard InChI is InChI=1S/C16H25NO2/c1-6-11-7-8-12(13(9-11)18-5)19-15-10-14(17-4)16(15,2)3/h7-9,14-15,17H,6,10H2,1-5H3. The number of aryl methyl sites for hydroxylation is 1. The molecule has 0 saturated heterocycles. The number of hydrogen-bond acceptors (Lipinski definition) is 3. The smallest absolute Gasteiger partial charge is 0.161 e. The largest absolute Gasteiger partial charge is 0.493 e. The first-order valence-electron chi connectivity index (χ1n) is 7.03. The van der Waals surface area contributed by atoms with Crippen LogP contribution in [0.2, 0.25) is 0 Å². The third-order valence-electron chi connectivity index (χ3n) is 4.43. The van der Waals surface area contributed by atoms with Crippen molar-refractivity contribution in [3.63, 3.8) is 0 Å². The fourth-order valence-corrected chi connectivity index (χ4v) is 2.76. The molecule has 0 bridgehead atoms. The molecule has 1 aliphatic rings. The summed E-state index contributed by atoms with van der Waals surface area (Å²) in [7, 11) is 3.71. The first-order chi connectivity index (χ1) is 9.02. The highest BCUT2D eigenvalue weighted by Gasteiger charge is 2.49. The van der Waals surface area contributed by atoms with E-state index in [4.69, 9.17) is 9.47 Å². The third-order valence-corrected chi connectivity index (χ3v) is 4.43. The van der Waals surface area contributed by atoms with Gasteiger partial charge in [0.05, 0.1) is 7.11 Å². The SMILES string of the molecule is CCc1ccc(OC2CC(NC)C2(C)C)c(OC)c1. The summed E-state index contributed by atoms with van der Waals surface area (Å²) < 4.78 is 11.6. The van der Waals surface area contributed by atoms with E-state index >= 15 is 0 Å². The highest BCUT2D eigenvalue weighted by Crippen LogP contribution is 2.44.